The van der Waals surface area contributed by atoms with Gasteiger partial charge in [0.05, 0.1) is 5.56 Å². The van der Waals surface area contributed by atoms with Crippen molar-refractivity contribution < 1.29 is 27.5 Å². The summed E-state index contributed by atoms with van der Waals surface area (Å²) in [5, 5.41) is 2.81. The molecule has 0 spiro atoms. The number of carbonyl (C=O) groups is 2. The van der Waals surface area contributed by atoms with Gasteiger partial charge in [-0.15, -0.1) is 0 Å². The first-order valence-corrected chi connectivity index (χ1v) is 10.9. The van der Waals surface area contributed by atoms with Crippen LogP contribution in [0, 0.1) is 0 Å². The number of hydrogen-bond acceptors (Lipinski definition) is 5. The van der Waals surface area contributed by atoms with Crippen LogP contribution in [-0.4, -0.2) is 60.6 Å². The highest BCUT2D eigenvalue weighted by Crippen LogP contribution is 2.29. The fraction of sp³-hybridized carbons (Fsp3) is 0.435. The second-order valence-corrected chi connectivity index (χ2v) is 8.11. The summed E-state index contributed by atoms with van der Waals surface area (Å²) in [5.41, 5.74) is 0.206. The van der Waals surface area contributed by atoms with Gasteiger partial charge in [0, 0.05) is 50.2 Å². The number of pyridine rings is 1. The van der Waals surface area contributed by atoms with E-state index in [0.717, 1.165) is 18.7 Å². The van der Waals surface area contributed by atoms with Crippen molar-refractivity contribution in [2.45, 2.75) is 31.5 Å². The fourth-order valence-corrected chi connectivity index (χ4v) is 4.01. The van der Waals surface area contributed by atoms with Crippen LogP contribution in [0.25, 0.3) is 0 Å². The summed E-state index contributed by atoms with van der Waals surface area (Å²) in [6.45, 7) is 2.54. The smallest absolute Gasteiger partial charge is 0.368 e. The van der Waals surface area contributed by atoms with E-state index in [0.29, 0.717) is 62.7 Å². The average molecular weight is 462 g/mol. The van der Waals surface area contributed by atoms with E-state index >= 15 is 0 Å². The fourth-order valence-electron chi connectivity index (χ4n) is 4.01. The summed E-state index contributed by atoms with van der Waals surface area (Å²) in [7, 11) is 0. The maximum absolute atomic E-state index is 13.1. The normalized spacial score (nSPS) is 19.3. The molecule has 33 heavy (non-hydrogen) atoms. The predicted molar refractivity (Wildman–Crippen MR) is 116 cm³/mol. The van der Waals surface area contributed by atoms with E-state index in [4.69, 9.17) is 4.74 Å². The second kappa shape index (κ2) is 9.78. The van der Waals surface area contributed by atoms with Gasteiger partial charge in [0.2, 0.25) is 0 Å². The summed E-state index contributed by atoms with van der Waals surface area (Å²) in [4.78, 5) is 32.9. The van der Waals surface area contributed by atoms with Crippen molar-refractivity contribution in [2.75, 3.05) is 43.0 Å². The molecule has 2 aromatic rings. The van der Waals surface area contributed by atoms with E-state index in [1.807, 2.05) is 4.90 Å². The van der Waals surface area contributed by atoms with Crippen LogP contribution in [0.2, 0.25) is 0 Å². The molecule has 7 nitrogen and oxygen atoms in total. The Bertz CT molecular complexity index is 991. The summed E-state index contributed by atoms with van der Waals surface area (Å²) in [5.74, 6) is 0.0770. The molecule has 0 saturated carbocycles. The topological polar surface area (TPSA) is 74.8 Å². The van der Waals surface area contributed by atoms with Crippen molar-refractivity contribution in [3.8, 4) is 0 Å². The lowest BCUT2D eigenvalue weighted by Gasteiger charge is -2.23. The lowest BCUT2D eigenvalue weighted by atomic mass is 10.1. The Morgan fingerprint density at radius 3 is 2.61 bits per heavy atom. The van der Waals surface area contributed by atoms with E-state index < -0.39 is 17.8 Å². The molecule has 0 radical (unpaired) electrons. The maximum atomic E-state index is 13.1. The van der Waals surface area contributed by atoms with Gasteiger partial charge in [-0.25, -0.2) is 4.98 Å². The minimum absolute atomic E-state index is 0.162. The van der Waals surface area contributed by atoms with Crippen molar-refractivity contribution in [3.63, 3.8) is 0 Å². The van der Waals surface area contributed by atoms with Gasteiger partial charge in [0.1, 0.15) is 11.9 Å². The highest BCUT2D eigenvalue weighted by Gasteiger charge is 2.31. The SMILES string of the molecule is O=C(Nc1cccc(C(=O)N2CCCN(c3ccc(C(F)(F)F)cn3)CC2)c1)[C@@H]1CCCO1. The molecule has 0 unspecified atom stereocenters. The Kier molecular flexibility index (Phi) is 6.83. The van der Waals surface area contributed by atoms with Crippen LogP contribution in [0.15, 0.2) is 42.6 Å². The van der Waals surface area contributed by atoms with Gasteiger partial charge in [-0.1, -0.05) is 6.07 Å². The van der Waals surface area contributed by atoms with Crippen LogP contribution < -0.4 is 10.2 Å². The highest BCUT2D eigenvalue weighted by molar-refractivity contribution is 5.98. The summed E-state index contributed by atoms with van der Waals surface area (Å²) in [6.07, 6.45) is -1.86. The number of hydrogen-bond donors (Lipinski definition) is 1. The first kappa shape index (κ1) is 23.0. The lowest BCUT2D eigenvalue weighted by Crippen LogP contribution is -2.35. The number of nitrogens with one attached hydrogen (secondary N) is 1. The number of anilines is 2. The maximum Gasteiger partial charge on any atom is 0.417 e. The van der Waals surface area contributed by atoms with Gasteiger partial charge >= 0.3 is 6.18 Å². The quantitative estimate of drug-likeness (QED) is 0.752. The number of aromatic nitrogens is 1. The van der Waals surface area contributed by atoms with Gasteiger partial charge in [0.25, 0.3) is 11.8 Å². The van der Waals surface area contributed by atoms with Crippen LogP contribution in [0.3, 0.4) is 0 Å². The standard InChI is InChI=1S/C23H25F3N4O3/c24-23(25,26)17-7-8-20(27-15-17)29-9-3-10-30(12-11-29)22(32)16-4-1-5-18(14-16)28-21(31)19-6-2-13-33-19/h1,4-5,7-8,14-15,19H,2-3,6,9-13H2,(H,28,31)/t19-/m0/s1. The number of ether oxygens (including phenoxy) is 1. The number of nitrogens with zero attached hydrogens (tertiary/aromatic N) is 3. The Labute approximate surface area is 189 Å². The predicted octanol–water partition coefficient (Wildman–Crippen LogP) is 3.57. The van der Waals surface area contributed by atoms with Crippen LogP contribution in [-0.2, 0) is 15.7 Å². The molecule has 10 heteroatoms. The number of rotatable bonds is 4. The number of alkyl halides is 3. The summed E-state index contributed by atoms with van der Waals surface area (Å²) >= 11 is 0. The minimum Gasteiger partial charge on any atom is -0.368 e. The molecule has 2 saturated heterocycles. The Morgan fingerprint density at radius 2 is 1.91 bits per heavy atom. The molecule has 3 heterocycles. The zero-order valence-corrected chi connectivity index (χ0v) is 18.0. The van der Waals surface area contributed by atoms with Gasteiger partial charge in [-0.2, -0.15) is 13.2 Å². The molecule has 0 aliphatic carbocycles. The summed E-state index contributed by atoms with van der Waals surface area (Å²) in [6, 6.07) is 9.17. The van der Waals surface area contributed by atoms with Crippen LogP contribution in [0.1, 0.15) is 35.2 Å². The number of amides is 2. The van der Waals surface area contributed by atoms with E-state index in [9.17, 15) is 22.8 Å². The molecule has 2 fully saturated rings. The van der Waals surface area contributed by atoms with Gasteiger partial charge in [-0.3, -0.25) is 9.59 Å². The average Bonchev–Trinajstić information content (AvgIpc) is 3.23. The largest absolute Gasteiger partial charge is 0.417 e. The third kappa shape index (κ3) is 5.62. The van der Waals surface area contributed by atoms with Crippen molar-refractivity contribution in [1.29, 1.82) is 0 Å². The van der Waals surface area contributed by atoms with Crippen molar-refractivity contribution in [2.24, 2.45) is 0 Å². The van der Waals surface area contributed by atoms with Crippen LogP contribution >= 0.6 is 0 Å². The monoisotopic (exact) mass is 462 g/mol. The first-order chi connectivity index (χ1) is 15.8. The molecule has 2 aliphatic heterocycles. The Morgan fingerprint density at radius 1 is 1.06 bits per heavy atom. The van der Waals surface area contributed by atoms with E-state index in [-0.39, 0.29) is 11.8 Å². The number of halogens is 3. The third-order valence-electron chi connectivity index (χ3n) is 5.78. The zero-order valence-electron chi connectivity index (χ0n) is 18.0. The van der Waals surface area contributed by atoms with Gasteiger partial charge < -0.3 is 19.9 Å². The second-order valence-electron chi connectivity index (χ2n) is 8.11. The van der Waals surface area contributed by atoms with Crippen molar-refractivity contribution in [1.82, 2.24) is 9.88 Å². The molecule has 2 amide bonds. The first-order valence-electron chi connectivity index (χ1n) is 10.9. The lowest BCUT2D eigenvalue weighted by molar-refractivity contribution is -0.137. The molecular formula is C23H25F3N4O3. The van der Waals surface area contributed by atoms with Crippen LogP contribution in [0.5, 0.6) is 0 Å². The minimum atomic E-state index is -4.42. The number of carbonyl (C=O) groups excluding carboxylic acids is 2. The molecule has 2 aliphatic rings. The third-order valence-corrected chi connectivity index (χ3v) is 5.78. The van der Waals surface area contributed by atoms with E-state index in [1.54, 1.807) is 29.2 Å². The van der Waals surface area contributed by atoms with Crippen LogP contribution in [0.4, 0.5) is 24.7 Å². The number of benzene rings is 1. The molecular weight excluding hydrogens is 437 g/mol. The molecule has 4 rings (SSSR count). The van der Waals surface area contributed by atoms with Crippen molar-refractivity contribution in [3.05, 3.63) is 53.7 Å². The Balaban J connectivity index is 1.38. The molecule has 1 N–H and O–H groups in total. The molecule has 1 atom stereocenters. The molecule has 1 aromatic heterocycles. The van der Waals surface area contributed by atoms with Gasteiger partial charge in [0.15, 0.2) is 0 Å². The van der Waals surface area contributed by atoms with E-state index in [1.165, 1.54) is 6.07 Å². The van der Waals surface area contributed by atoms with Crippen molar-refractivity contribution >= 4 is 23.3 Å². The highest BCUT2D eigenvalue weighted by atomic mass is 19.4. The zero-order chi connectivity index (χ0) is 23.4. The molecule has 1 aromatic carbocycles. The van der Waals surface area contributed by atoms with Gasteiger partial charge in [-0.05, 0) is 49.6 Å². The van der Waals surface area contributed by atoms with E-state index in [2.05, 4.69) is 10.3 Å². The Hall–Kier alpha value is -3.14. The molecule has 0 bridgehead atoms. The summed E-state index contributed by atoms with van der Waals surface area (Å²) < 4.78 is 43.7. The molecule has 176 valence electrons.